The second kappa shape index (κ2) is 4.52. The van der Waals surface area contributed by atoms with E-state index in [-0.39, 0.29) is 6.04 Å². The van der Waals surface area contributed by atoms with Gasteiger partial charge in [0.1, 0.15) is 23.5 Å². The van der Waals surface area contributed by atoms with E-state index in [2.05, 4.69) is 26.3 Å². The van der Waals surface area contributed by atoms with Crippen LogP contribution in [0, 0.1) is 0 Å². The minimum Gasteiger partial charge on any atom is -0.493 e. The fraction of sp³-hybridized carbons (Fsp3) is 0.200. The first-order valence-corrected chi connectivity index (χ1v) is 6.68. The number of hydrogen-bond donors (Lipinski definition) is 2. The molecule has 2 N–H and O–H groups in total. The van der Waals surface area contributed by atoms with E-state index in [0.717, 1.165) is 35.6 Å². The van der Waals surface area contributed by atoms with E-state index >= 15 is 0 Å². The van der Waals surface area contributed by atoms with Crippen LogP contribution in [0.4, 0.5) is 5.82 Å². The van der Waals surface area contributed by atoms with E-state index in [1.165, 1.54) is 5.56 Å². The molecule has 1 aliphatic rings. The van der Waals surface area contributed by atoms with Crippen LogP contribution in [-0.2, 0) is 0 Å². The van der Waals surface area contributed by atoms with Gasteiger partial charge in [-0.25, -0.2) is 9.97 Å². The van der Waals surface area contributed by atoms with Crippen molar-refractivity contribution in [2.24, 2.45) is 0 Å². The number of fused-ring (bicyclic) bond motifs is 2. The molecule has 1 aromatic carbocycles. The lowest BCUT2D eigenvalue weighted by Crippen LogP contribution is -2.20. The molecule has 0 bridgehead atoms. The number of aromatic nitrogens is 3. The van der Waals surface area contributed by atoms with E-state index < -0.39 is 0 Å². The van der Waals surface area contributed by atoms with Gasteiger partial charge in [0.25, 0.3) is 0 Å². The highest BCUT2D eigenvalue weighted by Crippen LogP contribution is 2.34. The van der Waals surface area contributed by atoms with Crippen LogP contribution in [-0.4, -0.2) is 21.6 Å². The van der Waals surface area contributed by atoms with Gasteiger partial charge < -0.3 is 15.0 Å². The van der Waals surface area contributed by atoms with Crippen LogP contribution in [0.5, 0.6) is 5.75 Å². The largest absolute Gasteiger partial charge is 0.493 e. The van der Waals surface area contributed by atoms with Gasteiger partial charge in [0.2, 0.25) is 0 Å². The number of rotatable bonds is 2. The predicted octanol–water partition coefficient (Wildman–Crippen LogP) is 2.89. The first-order valence-electron chi connectivity index (χ1n) is 6.68. The molecule has 2 aromatic heterocycles. The van der Waals surface area contributed by atoms with Crippen LogP contribution in [0.1, 0.15) is 18.0 Å². The molecular weight excluding hydrogens is 252 g/mol. The first-order chi connectivity index (χ1) is 9.92. The van der Waals surface area contributed by atoms with Gasteiger partial charge in [-0.05, 0) is 12.1 Å². The van der Waals surface area contributed by atoms with Crippen LogP contribution < -0.4 is 10.1 Å². The summed E-state index contributed by atoms with van der Waals surface area (Å²) in [5.41, 5.74) is 2.03. The zero-order chi connectivity index (χ0) is 13.4. The van der Waals surface area contributed by atoms with Crippen LogP contribution in [0.3, 0.4) is 0 Å². The SMILES string of the molecule is c1ccc2c(c1)OCC[C@@H]2Nc1ncnc2[nH]ccc12. The Labute approximate surface area is 116 Å². The Kier molecular flexibility index (Phi) is 2.55. The van der Waals surface area contributed by atoms with E-state index in [4.69, 9.17) is 4.74 Å². The van der Waals surface area contributed by atoms with Gasteiger partial charge in [0.05, 0.1) is 18.0 Å². The standard InChI is InChI=1S/C15H14N4O/c1-2-4-13-10(3-1)12(6-8-20-13)19-15-11-5-7-16-14(11)17-9-18-15/h1-5,7,9,12H,6,8H2,(H2,16,17,18,19)/t12-/m0/s1. The van der Waals surface area contributed by atoms with Gasteiger partial charge in [-0.15, -0.1) is 0 Å². The number of nitrogens with one attached hydrogen (secondary N) is 2. The van der Waals surface area contributed by atoms with E-state index in [0.29, 0.717) is 0 Å². The van der Waals surface area contributed by atoms with Crippen molar-refractivity contribution in [1.82, 2.24) is 15.0 Å². The molecule has 3 aromatic rings. The average molecular weight is 266 g/mol. The van der Waals surface area contributed by atoms with Crippen LogP contribution in [0.15, 0.2) is 42.9 Å². The molecule has 3 heterocycles. The first kappa shape index (κ1) is 11.3. The summed E-state index contributed by atoms with van der Waals surface area (Å²) in [6.07, 6.45) is 4.38. The quantitative estimate of drug-likeness (QED) is 0.748. The lowest BCUT2D eigenvalue weighted by atomic mass is 10.0. The monoisotopic (exact) mass is 266 g/mol. The summed E-state index contributed by atoms with van der Waals surface area (Å²) in [4.78, 5) is 11.7. The predicted molar refractivity (Wildman–Crippen MR) is 76.8 cm³/mol. The van der Waals surface area contributed by atoms with Gasteiger partial charge in [0.15, 0.2) is 0 Å². The Balaban J connectivity index is 1.72. The maximum Gasteiger partial charge on any atom is 0.142 e. The highest BCUT2D eigenvalue weighted by Gasteiger charge is 2.21. The third kappa shape index (κ3) is 1.79. The molecule has 20 heavy (non-hydrogen) atoms. The molecule has 0 radical (unpaired) electrons. The van der Waals surface area contributed by atoms with Gasteiger partial charge in [-0.2, -0.15) is 0 Å². The van der Waals surface area contributed by atoms with Crippen molar-refractivity contribution in [2.45, 2.75) is 12.5 Å². The number of aromatic amines is 1. The number of anilines is 1. The number of hydrogen-bond acceptors (Lipinski definition) is 4. The molecule has 100 valence electrons. The molecule has 0 saturated heterocycles. The van der Waals surface area contributed by atoms with Crippen molar-refractivity contribution < 1.29 is 4.74 Å². The van der Waals surface area contributed by atoms with Gasteiger partial charge >= 0.3 is 0 Å². The Morgan fingerprint density at radius 3 is 3.15 bits per heavy atom. The minimum atomic E-state index is 0.216. The fourth-order valence-corrected chi connectivity index (χ4v) is 2.64. The summed E-state index contributed by atoms with van der Waals surface area (Å²) in [5.74, 6) is 1.81. The molecule has 4 rings (SSSR count). The maximum absolute atomic E-state index is 5.68. The third-order valence-corrected chi connectivity index (χ3v) is 3.62. The number of ether oxygens (including phenoxy) is 1. The molecule has 1 aliphatic heterocycles. The lowest BCUT2D eigenvalue weighted by Gasteiger charge is -2.27. The Morgan fingerprint density at radius 1 is 1.20 bits per heavy atom. The Hall–Kier alpha value is -2.56. The summed E-state index contributed by atoms with van der Waals surface area (Å²) in [6.45, 7) is 0.718. The normalized spacial score (nSPS) is 17.5. The highest BCUT2D eigenvalue weighted by molar-refractivity contribution is 5.86. The minimum absolute atomic E-state index is 0.216. The third-order valence-electron chi connectivity index (χ3n) is 3.62. The van der Waals surface area contributed by atoms with E-state index in [1.807, 2.05) is 30.5 Å². The number of nitrogens with zero attached hydrogens (tertiary/aromatic N) is 2. The Morgan fingerprint density at radius 2 is 2.15 bits per heavy atom. The van der Waals surface area contributed by atoms with Gasteiger partial charge in [-0.1, -0.05) is 18.2 Å². The van der Waals surface area contributed by atoms with Crippen molar-refractivity contribution >= 4 is 16.9 Å². The van der Waals surface area contributed by atoms with Crippen LogP contribution >= 0.6 is 0 Å². The average Bonchev–Trinajstić information content (AvgIpc) is 2.97. The van der Waals surface area contributed by atoms with E-state index in [1.54, 1.807) is 6.33 Å². The maximum atomic E-state index is 5.68. The number of H-pyrrole nitrogens is 1. The van der Waals surface area contributed by atoms with Gasteiger partial charge in [0, 0.05) is 18.2 Å². The smallest absolute Gasteiger partial charge is 0.142 e. The van der Waals surface area contributed by atoms with Crippen LogP contribution in [0.25, 0.3) is 11.0 Å². The van der Waals surface area contributed by atoms with Crippen molar-refractivity contribution in [2.75, 3.05) is 11.9 Å². The molecule has 0 unspecified atom stereocenters. The Bertz CT molecular complexity index is 752. The topological polar surface area (TPSA) is 62.8 Å². The molecule has 0 spiro atoms. The van der Waals surface area contributed by atoms with Gasteiger partial charge in [-0.3, -0.25) is 0 Å². The second-order valence-corrected chi connectivity index (χ2v) is 4.83. The summed E-state index contributed by atoms with van der Waals surface area (Å²) >= 11 is 0. The lowest BCUT2D eigenvalue weighted by molar-refractivity contribution is 0.274. The molecule has 0 aliphatic carbocycles. The molecule has 1 atom stereocenters. The zero-order valence-corrected chi connectivity index (χ0v) is 10.8. The van der Waals surface area contributed by atoms with Crippen LogP contribution in [0.2, 0.25) is 0 Å². The molecular formula is C15H14N4O. The van der Waals surface area contributed by atoms with Crippen molar-refractivity contribution in [3.05, 3.63) is 48.4 Å². The van der Waals surface area contributed by atoms with E-state index in [9.17, 15) is 0 Å². The summed E-state index contributed by atoms with van der Waals surface area (Å²) in [6, 6.07) is 10.3. The second-order valence-electron chi connectivity index (χ2n) is 4.83. The zero-order valence-electron chi connectivity index (χ0n) is 10.8. The van der Waals surface area contributed by atoms with Crippen molar-refractivity contribution in [3.8, 4) is 5.75 Å². The highest BCUT2D eigenvalue weighted by atomic mass is 16.5. The molecule has 0 fully saturated rings. The van der Waals surface area contributed by atoms with Crippen molar-refractivity contribution in [1.29, 1.82) is 0 Å². The molecule has 0 amide bonds. The molecule has 5 nitrogen and oxygen atoms in total. The summed E-state index contributed by atoms with van der Waals surface area (Å²) in [5, 5.41) is 4.53. The number of benzene rings is 1. The molecule has 0 saturated carbocycles. The summed E-state index contributed by atoms with van der Waals surface area (Å²) < 4.78 is 5.68. The fourth-order valence-electron chi connectivity index (χ4n) is 2.64. The number of para-hydroxylation sites is 1. The summed E-state index contributed by atoms with van der Waals surface area (Å²) in [7, 11) is 0. The molecule has 5 heteroatoms. The van der Waals surface area contributed by atoms with Crippen molar-refractivity contribution in [3.63, 3.8) is 0 Å².